The Balaban J connectivity index is 2.66. The van der Waals surface area contributed by atoms with Crippen molar-refractivity contribution in [3.05, 3.63) is 23.8 Å². The molecule has 0 fully saturated rings. The summed E-state index contributed by atoms with van der Waals surface area (Å²) in [5, 5.41) is 2.81. The van der Waals surface area contributed by atoms with E-state index >= 15 is 0 Å². The van der Waals surface area contributed by atoms with E-state index in [1.54, 1.807) is 39.5 Å². The summed E-state index contributed by atoms with van der Waals surface area (Å²) >= 11 is 0. The Labute approximate surface area is 107 Å². The quantitative estimate of drug-likeness (QED) is 0.748. The fourth-order valence-corrected chi connectivity index (χ4v) is 1.46. The van der Waals surface area contributed by atoms with Crippen molar-refractivity contribution >= 4 is 5.91 Å². The maximum atomic E-state index is 11.9. The minimum atomic E-state index is -0.150. The average Bonchev–Trinajstić information content (AvgIpc) is 2.42. The molecule has 1 aromatic carbocycles. The van der Waals surface area contributed by atoms with E-state index in [1.807, 2.05) is 0 Å². The number of ether oxygens (including phenoxy) is 3. The van der Waals surface area contributed by atoms with Crippen LogP contribution in [0.3, 0.4) is 0 Å². The molecule has 0 spiro atoms. The molecule has 18 heavy (non-hydrogen) atoms. The normalized spacial score (nSPS) is 9.94. The van der Waals surface area contributed by atoms with E-state index in [0.29, 0.717) is 30.2 Å². The second-order valence-electron chi connectivity index (χ2n) is 3.70. The van der Waals surface area contributed by atoms with Gasteiger partial charge in [-0.2, -0.15) is 0 Å². The third kappa shape index (κ3) is 4.25. The van der Waals surface area contributed by atoms with E-state index in [4.69, 9.17) is 14.2 Å². The number of rotatable bonds is 7. The van der Waals surface area contributed by atoms with Gasteiger partial charge in [-0.25, -0.2) is 0 Å². The van der Waals surface area contributed by atoms with E-state index in [1.165, 1.54) is 0 Å². The highest BCUT2D eigenvalue weighted by Gasteiger charge is 2.09. The lowest BCUT2D eigenvalue weighted by Crippen LogP contribution is -2.25. The van der Waals surface area contributed by atoms with Gasteiger partial charge in [0.05, 0.1) is 14.2 Å². The Morgan fingerprint density at radius 1 is 1.11 bits per heavy atom. The van der Waals surface area contributed by atoms with Crippen molar-refractivity contribution in [1.82, 2.24) is 5.32 Å². The van der Waals surface area contributed by atoms with Gasteiger partial charge < -0.3 is 19.5 Å². The smallest absolute Gasteiger partial charge is 0.251 e. The van der Waals surface area contributed by atoms with Crippen molar-refractivity contribution in [2.24, 2.45) is 0 Å². The number of hydrogen-bond donors (Lipinski definition) is 1. The fraction of sp³-hybridized carbons (Fsp3) is 0.462. The molecule has 5 nitrogen and oxygen atoms in total. The first kappa shape index (κ1) is 14.3. The molecule has 0 unspecified atom stereocenters. The van der Waals surface area contributed by atoms with Crippen LogP contribution in [0, 0.1) is 0 Å². The Morgan fingerprint density at radius 3 is 2.22 bits per heavy atom. The topological polar surface area (TPSA) is 56.8 Å². The number of benzene rings is 1. The predicted molar refractivity (Wildman–Crippen MR) is 68.4 cm³/mol. The summed E-state index contributed by atoms with van der Waals surface area (Å²) in [5.41, 5.74) is 0.517. The van der Waals surface area contributed by atoms with Crippen LogP contribution in [0.2, 0.25) is 0 Å². The third-order valence-corrected chi connectivity index (χ3v) is 2.42. The van der Waals surface area contributed by atoms with E-state index < -0.39 is 0 Å². The van der Waals surface area contributed by atoms with Crippen LogP contribution in [0.15, 0.2) is 18.2 Å². The van der Waals surface area contributed by atoms with Crippen LogP contribution < -0.4 is 14.8 Å². The van der Waals surface area contributed by atoms with Gasteiger partial charge in [0.1, 0.15) is 11.5 Å². The van der Waals surface area contributed by atoms with Crippen molar-refractivity contribution in [2.75, 3.05) is 34.5 Å². The maximum Gasteiger partial charge on any atom is 0.251 e. The van der Waals surface area contributed by atoms with Crippen LogP contribution in [0.4, 0.5) is 0 Å². The molecule has 0 aliphatic heterocycles. The SMILES string of the molecule is COCCCNC(=O)c1cc(OC)cc(OC)c1. The summed E-state index contributed by atoms with van der Waals surface area (Å²) in [6.45, 7) is 1.20. The number of amides is 1. The van der Waals surface area contributed by atoms with Gasteiger partial charge in [-0.1, -0.05) is 0 Å². The van der Waals surface area contributed by atoms with Gasteiger partial charge in [0.15, 0.2) is 0 Å². The fourth-order valence-electron chi connectivity index (χ4n) is 1.46. The van der Waals surface area contributed by atoms with Crippen molar-refractivity contribution in [1.29, 1.82) is 0 Å². The highest BCUT2D eigenvalue weighted by atomic mass is 16.5. The molecule has 0 aliphatic rings. The van der Waals surface area contributed by atoms with Crippen LogP contribution in [0.25, 0.3) is 0 Å². The van der Waals surface area contributed by atoms with Crippen LogP contribution in [-0.4, -0.2) is 40.4 Å². The summed E-state index contributed by atoms with van der Waals surface area (Å²) in [5.74, 6) is 1.04. The molecule has 1 rings (SSSR count). The zero-order valence-corrected chi connectivity index (χ0v) is 11.0. The lowest BCUT2D eigenvalue weighted by atomic mass is 10.2. The number of carbonyl (C=O) groups is 1. The average molecular weight is 253 g/mol. The molecule has 0 radical (unpaired) electrons. The van der Waals surface area contributed by atoms with Crippen LogP contribution in [-0.2, 0) is 4.74 Å². The van der Waals surface area contributed by atoms with Crippen molar-refractivity contribution in [3.63, 3.8) is 0 Å². The molecule has 0 atom stereocenters. The zero-order chi connectivity index (χ0) is 13.4. The molecule has 5 heteroatoms. The first-order valence-corrected chi connectivity index (χ1v) is 5.71. The molecule has 1 aromatic rings. The first-order valence-electron chi connectivity index (χ1n) is 5.71. The van der Waals surface area contributed by atoms with Crippen LogP contribution >= 0.6 is 0 Å². The van der Waals surface area contributed by atoms with Crippen molar-refractivity contribution in [3.8, 4) is 11.5 Å². The molecule has 1 N–H and O–H groups in total. The summed E-state index contributed by atoms with van der Waals surface area (Å²) < 4.78 is 15.1. The number of hydrogen-bond acceptors (Lipinski definition) is 4. The minimum absolute atomic E-state index is 0.150. The summed E-state index contributed by atoms with van der Waals surface area (Å²) in [6, 6.07) is 5.07. The molecule has 1 amide bonds. The van der Waals surface area contributed by atoms with Gasteiger partial charge in [-0.15, -0.1) is 0 Å². The van der Waals surface area contributed by atoms with Gasteiger partial charge in [0.2, 0.25) is 0 Å². The molecule has 0 saturated carbocycles. The van der Waals surface area contributed by atoms with E-state index in [0.717, 1.165) is 6.42 Å². The van der Waals surface area contributed by atoms with Gasteiger partial charge in [-0.05, 0) is 18.6 Å². The first-order chi connectivity index (χ1) is 8.71. The van der Waals surface area contributed by atoms with E-state index in [9.17, 15) is 4.79 Å². The summed E-state index contributed by atoms with van der Waals surface area (Å²) in [7, 11) is 4.73. The second kappa shape index (κ2) is 7.55. The molecule has 0 saturated heterocycles. The Morgan fingerprint density at radius 2 is 1.72 bits per heavy atom. The highest BCUT2D eigenvalue weighted by molar-refractivity contribution is 5.95. The Hall–Kier alpha value is -1.75. The van der Waals surface area contributed by atoms with Gasteiger partial charge in [-0.3, -0.25) is 4.79 Å². The Bertz CT molecular complexity index is 370. The minimum Gasteiger partial charge on any atom is -0.497 e. The lowest BCUT2D eigenvalue weighted by Gasteiger charge is -2.09. The van der Waals surface area contributed by atoms with Crippen LogP contribution in [0.1, 0.15) is 16.8 Å². The zero-order valence-electron chi connectivity index (χ0n) is 11.0. The summed E-state index contributed by atoms with van der Waals surface area (Å²) in [6.07, 6.45) is 0.781. The van der Waals surface area contributed by atoms with E-state index in [-0.39, 0.29) is 5.91 Å². The molecule has 0 heterocycles. The van der Waals surface area contributed by atoms with Crippen molar-refractivity contribution < 1.29 is 19.0 Å². The lowest BCUT2D eigenvalue weighted by molar-refractivity contribution is 0.0948. The van der Waals surface area contributed by atoms with Gasteiger partial charge in [0, 0.05) is 31.9 Å². The van der Waals surface area contributed by atoms with E-state index in [2.05, 4.69) is 5.32 Å². The van der Waals surface area contributed by atoms with Crippen LogP contribution in [0.5, 0.6) is 11.5 Å². The third-order valence-electron chi connectivity index (χ3n) is 2.42. The molecular formula is C13H19NO4. The standard InChI is InChI=1S/C13H19NO4/c1-16-6-4-5-14-13(15)10-7-11(17-2)9-12(8-10)18-3/h7-9H,4-6H2,1-3H3,(H,14,15). The second-order valence-corrected chi connectivity index (χ2v) is 3.70. The predicted octanol–water partition coefficient (Wildman–Crippen LogP) is 1.47. The molecular weight excluding hydrogens is 234 g/mol. The molecule has 0 aliphatic carbocycles. The maximum absolute atomic E-state index is 11.9. The van der Waals surface area contributed by atoms with Crippen molar-refractivity contribution in [2.45, 2.75) is 6.42 Å². The highest BCUT2D eigenvalue weighted by Crippen LogP contribution is 2.22. The number of nitrogens with one attached hydrogen (secondary N) is 1. The number of methoxy groups -OCH3 is 3. The van der Waals surface area contributed by atoms with Gasteiger partial charge >= 0.3 is 0 Å². The van der Waals surface area contributed by atoms with Gasteiger partial charge in [0.25, 0.3) is 5.91 Å². The largest absolute Gasteiger partial charge is 0.497 e. The number of carbonyl (C=O) groups excluding carboxylic acids is 1. The molecule has 0 aromatic heterocycles. The molecule has 100 valence electrons. The monoisotopic (exact) mass is 253 g/mol. The molecule has 0 bridgehead atoms. The Kier molecular flexibility index (Phi) is 6.00. The summed E-state index contributed by atoms with van der Waals surface area (Å²) in [4.78, 5) is 11.9.